The highest BCUT2D eigenvalue weighted by Crippen LogP contribution is 2.25. The van der Waals surface area contributed by atoms with E-state index in [1.54, 1.807) is 17.1 Å². The van der Waals surface area contributed by atoms with Crippen molar-refractivity contribution in [2.45, 2.75) is 33.5 Å². The van der Waals surface area contributed by atoms with Crippen molar-refractivity contribution in [2.24, 2.45) is 0 Å². The van der Waals surface area contributed by atoms with Crippen LogP contribution < -0.4 is 10.6 Å². The Morgan fingerprint density at radius 3 is 2.09 bits per heavy atom. The molecule has 8 nitrogen and oxygen atoms in total. The van der Waals surface area contributed by atoms with E-state index in [2.05, 4.69) is 39.8 Å². The monoisotopic (exact) mass is 488 g/mol. The number of aryl methyl sites for hydroxylation is 1. The zero-order chi connectivity index (χ0) is 22.7. The van der Waals surface area contributed by atoms with E-state index in [-0.39, 0.29) is 0 Å². The first-order valence-corrected chi connectivity index (χ1v) is 11.2. The molecule has 0 saturated carbocycles. The number of hydrogen-bond donors (Lipinski definition) is 2. The van der Waals surface area contributed by atoms with Gasteiger partial charge in [0.25, 0.3) is 0 Å². The number of benzene rings is 1. The normalized spacial score (nSPS) is 11.0. The fourth-order valence-electron chi connectivity index (χ4n) is 3.30. The number of hydrogen-bond acceptors (Lipinski definition) is 4. The highest BCUT2D eigenvalue weighted by molar-refractivity contribution is 7.80. The lowest BCUT2D eigenvalue weighted by molar-refractivity contribution is 0.633. The summed E-state index contributed by atoms with van der Waals surface area (Å²) in [6.45, 7) is 6.09. The van der Waals surface area contributed by atoms with Gasteiger partial charge in [-0.2, -0.15) is 15.3 Å². The van der Waals surface area contributed by atoms with Gasteiger partial charge in [0.2, 0.25) is 0 Å². The number of nitrogens with one attached hydrogen (secondary N) is 2. The molecule has 0 fully saturated rings. The van der Waals surface area contributed by atoms with E-state index in [1.165, 1.54) is 0 Å². The van der Waals surface area contributed by atoms with E-state index < -0.39 is 0 Å². The topological polar surface area (TPSA) is 77.5 Å². The second-order valence-corrected chi connectivity index (χ2v) is 8.43. The Kier molecular flexibility index (Phi) is 6.78. The number of aromatic nitrogens is 6. The first kappa shape index (κ1) is 22.3. The van der Waals surface area contributed by atoms with Crippen LogP contribution in [0.3, 0.4) is 0 Å². The molecule has 0 spiro atoms. The second kappa shape index (κ2) is 9.72. The minimum absolute atomic E-state index is 0.440. The predicted octanol–water partition coefficient (Wildman–Crippen LogP) is 4.82. The average Bonchev–Trinajstić information content (AvgIpc) is 3.47. The Bertz CT molecular complexity index is 1220. The minimum Gasteiger partial charge on any atom is -0.330 e. The molecule has 0 saturated heterocycles. The van der Waals surface area contributed by atoms with Gasteiger partial charge >= 0.3 is 0 Å². The maximum Gasteiger partial charge on any atom is 0.175 e. The van der Waals surface area contributed by atoms with Crippen molar-refractivity contribution in [3.05, 3.63) is 76.0 Å². The molecule has 3 heterocycles. The molecule has 4 aromatic rings. The van der Waals surface area contributed by atoms with Crippen LogP contribution >= 0.6 is 35.4 Å². The summed E-state index contributed by atoms with van der Waals surface area (Å²) in [6.07, 6.45) is 9.05. The SMILES string of the molecule is CCn1ncc(Cn2cc(NC(=S)Nc3cnn(Cc4c(Cl)cccc4Cl)c3)cn2)c1C. The Hall–Kier alpha value is -2.88. The van der Waals surface area contributed by atoms with Gasteiger partial charge in [0.15, 0.2) is 5.11 Å². The van der Waals surface area contributed by atoms with Crippen LogP contribution in [-0.2, 0) is 19.6 Å². The molecule has 32 heavy (non-hydrogen) atoms. The summed E-state index contributed by atoms with van der Waals surface area (Å²) in [5.41, 5.74) is 4.63. The van der Waals surface area contributed by atoms with E-state index >= 15 is 0 Å². The van der Waals surface area contributed by atoms with Crippen molar-refractivity contribution in [3.8, 4) is 0 Å². The second-order valence-electron chi connectivity index (χ2n) is 7.20. The molecular weight excluding hydrogens is 467 g/mol. The molecule has 0 aliphatic carbocycles. The molecule has 4 rings (SSSR count). The lowest BCUT2D eigenvalue weighted by Gasteiger charge is -2.08. The van der Waals surface area contributed by atoms with Gasteiger partial charge in [-0.3, -0.25) is 14.0 Å². The van der Waals surface area contributed by atoms with Gasteiger partial charge in [0, 0.05) is 45.8 Å². The molecule has 0 amide bonds. The van der Waals surface area contributed by atoms with Gasteiger partial charge in [-0.25, -0.2) is 0 Å². The minimum atomic E-state index is 0.440. The third-order valence-electron chi connectivity index (χ3n) is 5.00. The summed E-state index contributed by atoms with van der Waals surface area (Å²) in [4.78, 5) is 0. The van der Waals surface area contributed by atoms with Crippen molar-refractivity contribution in [2.75, 3.05) is 10.6 Å². The lowest BCUT2D eigenvalue weighted by atomic mass is 10.2. The smallest absolute Gasteiger partial charge is 0.175 e. The lowest BCUT2D eigenvalue weighted by Crippen LogP contribution is -2.18. The van der Waals surface area contributed by atoms with Gasteiger partial charge < -0.3 is 10.6 Å². The fraction of sp³-hybridized carbons (Fsp3) is 0.238. The van der Waals surface area contributed by atoms with Gasteiger partial charge in [0.1, 0.15) is 0 Å². The van der Waals surface area contributed by atoms with Crippen LogP contribution in [0.1, 0.15) is 23.7 Å². The molecule has 2 N–H and O–H groups in total. The molecular formula is C21H22Cl2N8S. The van der Waals surface area contributed by atoms with Gasteiger partial charge in [-0.1, -0.05) is 29.3 Å². The van der Waals surface area contributed by atoms with Gasteiger partial charge in [-0.15, -0.1) is 0 Å². The first-order chi connectivity index (χ1) is 15.4. The maximum atomic E-state index is 6.25. The van der Waals surface area contributed by atoms with Crippen LogP contribution in [0.15, 0.2) is 49.2 Å². The number of nitrogens with zero attached hydrogens (tertiary/aromatic N) is 6. The molecule has 3 aromatic heterocycles. The highest BCUT2D eigenvalue weighted by Gasteiger charge is 2.10. The summed E-state index contributed by atoms with van der Waals surface area (Å²) in [7, 11) is 0. The number of halogens is 2. The van der Waals surface area contributed by atoms with Crippen molar-refractivity contribution in [3.63, 3.8) is 0 Å². The molecule has 11 heteroatoms. The van der Waals surface area contributed by atoms with Gasteiger partial charge in [-0.05, 0) is 38.2 Å². The van der Waals surface area contributed by atoms with Crippen molar-refractivity contribution >= 4 is 51.9 Å². The molecule has 0 radical (unpaired) electrons. The third-order valence-corrected chi connectivity index (χ3v) is 5.91. The Morgan fingerprint density at radius 1 is 0.938 bits per heavy atom. The summed E-state index contributed by atoms with van der Waals surface area (Å²) in [6, 6.07) is 5.43. The van der Waals surface area contributed by atoms with Crippen molar-refractivity contribution in [1.82, 2.24) is 29.3 Å². The summed E-state index contributed by atoms with van der Waals surface area (Å²) >= 11 is 17.9. The zero-order valence-corrected chi connectivity index (χ0v) is 19.9. The average molecular weight is 489 g/mol. The van der Waals surface area contributed by atoms with Crippen LogP contribution in [-0.4, -0.2) is 34.5 Å². The molecule has 0 atom stereocenters. The highest BCUT2D eigenvalue weighted by atomic mass is 35.5. The molecule has 0 aliphatic rings. The van der Waals surface area contributed by atoms with E-state index in [0.717, 1.165) is 34.7 Å². The Morgan fingerprint density at radius 2 is 1.53 bits per heavy atom. The fourth-order valence-corrected chi connectivity index (χ4v) is 4.05. The number of anilines is 2. The van der Waals surface area contributed by atoms with Crippen molar-refractivity contribution < 1.29 is 0 Å². The van der Waals surface area contributed by atoms with Gasteiger partial charge in [0.05, 0.1) is 43.1 Å². The Labute approximate surface area is 201 Å². The van der Waals surface area contributed by atoms with Crippen LogP contribution in [0.2, 0.25) is 10.0 Å². The van der Waals surface area contributed by atoms with E-state index in [0.29, 0.717) is 28.2 Å². The zero-order valence-electron chi connectivity index (χ0n) is 17.6. The molecule has 166 valence electrons. The van der Waals surface area contributed by atoms with E-state index in [1.807, 2.05) is 46.2 Å². The van der Waals surface area contributed by atoms with E-state index in [9.17, 15) is 0 Å². The quantitative estimate of drug-likeness (QED) is 0.363. The largest absolute Gasteiger partial charge is 0.330 e. The van der Waals surface area contributed by atoms with Crippen LogP contribution in [0.25, 0.3) is 0 Å². The third kappa shape index (κ3) is 5.12. The molecule has 0 unspecified atom stereocenters. The summed E-state index contributed by atoms with van der Waals surface area (Å²) in [5.74, 6) is 0. The van der Waals surface area contributed by atoms with E-state index in [4.69, 9.17) is 35.4 Å². The standard InChI is InChI=1S/C21H22Cl2N8S/c1-3-31-14(2)15(7-26-31)10-29-11-16(8-24-29)27-21(32)28-17-9-25-30(12-17)13-18-19(22)5-4-6-20(18)23/h4-9,11-12H,3,10,13H2,1-2H3,(H2,27,28,32). The number of thiocarbonyl (C=S) groups is 1. The maximum absolute atomic E-state index is 6.25. The molecule has 0 bridgehead atoms. The Balaban J connectivity index is 1.34. The number of rotatable bonds is 7. The van der Waals surface area contributed by atoms with Crippen LogP contribution in [0.5, 0.6) is 0 Å². The van der Waals surface area contributed by atoms with Crippen LogP contribution in [0, 0.1) is 6.92 Å². The first-order valence-electron chi connectivity index (χ1n) is 10.00. The molecule has 0 aliphatic heterocycles. The predicted molar refractivity (Wildman–Crippen MR) is 132 cm³/mol. The van der Waals surface area contributed by atoms with Crippen LogP contribution in [0.4, 0.5) is 11.4 Å². The van der Waals surface area contributed by atoms with Crippen molar-refractivity contribution in [1.29, 1.82) is 0 Å². The summed E-state index contributed by atoms with van der Waals surface area (Å²) in [5, 5.41) is 21.0. The summed E-state index contributed by atoms with van der Waals surface area (Å²) < 4.78 is 5.56. The molecule has 1 aromatic carbocycles.